The van der Waals surface area contributed by atoms with E-state index in [1.807, 2.05) is 24.3 Å². The van der Waals surface area contributed by atoms with Crippen molar-refractivity contribution in [1.82, 2.24) is 9.97 Å². The first-order valence-electron chi connectivity index (χ1n) is 4.91. The molecule has 0 spiro atoms. The van der Waals surface area contributed by atoms with Gasteiger partial charge in [-0.25, -0.2) is 9.97 Å². The van der Waals surface area contributed by atoms with E-state index >= 15 is 0 Å². The molecule has 0 fully saturated rings. The molecule has 0 amide bonds. The molecule has 0 radical (unpaired) electrons. The van der Waals surface area contributed by atoms with Crippen LogP contribution in [-0.2, 0) is 6.54 Å². The maximum absolute atomic E-state index is 5.51. The van der Waals surface area contributed by atoms with Crippen LogP contribution >= 0.6 is 0 Å². The van der Waals surface area contributed by atoms with Crippen molar-refractivity contribution < 1.29 is 0 Å². The first-order chi connectivity index (χ1) is 7.78. The van der Waals surface area contributed by atoms with Crippen LogP contribution in [0.4, 0.5) is 17.3 Å². The van der Waals surface area contributed by atoms with E-state index in [1.165, 1.54) is 0 Å². The Labute approximate surface area is 93.5 Å². The molecule has 2 aromatic rings. The summed E-state index contributed by atoms with van der Waals surface area (Å²) in [5.41, 5.74) is 13.8. The lowest BCUT2D eigenvalue weighted by Gasteiger charge is -2.06. The van der Waals surface area contributed by atoms with Gasteiger partial charge in [0.15, 0.2) is 0 Å². The smallest absolute Gasteiger partial charge is 0.220 e. The average Bonchev–Trinajstić information content (AvgIpc) is 2.33. The van der Waals surface area contributed by atoms with E-state index in [2.05, 4.69) is 15.3 Å². The van der Waals surface area contributed by atoms with E-state index in [0.717, 1.165) is 16.9 Å². The molecular formula is C11H13N5. The molecule has 5 N–H and O–H groups in total. The summed E-state index contributed by atoms with van der Waals surface area (Å²) in [5, 5.41) is 3.16. The number of hydrogen-bond acceptors (Lipinski definition) is 5. The SMILES string of the molecule is NCc1ccc(Nc2cnc(N)nc2)cc1. The maximum Gasteiger partial charge on any atom is 0.220 e. The first kappa shape index (κ1) is 10.4. The number of nitrogen functional groups attached to an aromatic ring is 1. The third kappa shape index (κ3) is 2.46. The normalized spacial score (nSPS) is 10.1. The van der Waals surface area contributed by atoms with Crippen molar-refractivity contribution in [2.45, 2.75) is 6.54 Å². The summed E-state index contributed by atoms with van der Waals surface area (Å²) in [6.45, 7) is 0.547. The van der Waals surface area contributed by atoms with Crippen LogP contribution in [-0.4, -0.2) is 9.97 Å². The lowest BCUT2D eigenvalue weighted by Crippen LogP contribution is -1.98. The summed E-state index contributed by atoms with van der Waals surface area (Å²) >= 11 is 0. The Morgan fingerprint density at radius 3 is 2.19 bits per heavy atom. The highest BCUT2D eigenvalue weighted by Crippen LogP contribution is 2.15. The van der Waals surface area contributed by atoms with Gasteiger partial charge < -0.3 is 16.8 Å². The Morgan fingerprint density at radius 1 is 1.00 bits per heavy atom. The Balaban J connectivity index is 2.11. The van der Waals surface area contributed by atoms with Crippen LogP contribution in [0.15, 0.2) is 36.7 Å². The lowest BCUT2D eigenvalue weighted by molar-refractivity contribution is 1.07. The predicted octanol–water partition coefficient (Wildman–Crippen LogP) is 1.26. The van der Waals surface area contributed by atoms with Crippen molar-refractivity contribution in [3.8, 4) is 0 Å². The van der Waals surface area contributed by atoms with Crippen LogP contribution in [0.5, 0.6) is 0 Å². The molecular weight excluding hydrogens is 202 g/mol. The van der Waals surface area contributed by atoms with Crippen LogP contribution in [0, 0.1) is 0 Å². The van der Waals surface area contributed by atoms with Crippen molar-refractivity contribution in [2.75, 3.05) is 11.1 Å². The topological polar surface area (TPSA) is 89.8 Å². The minimum atomic E-state index is 0.268. The third-order valence-electron chi connectivity index (χ3n) is 2.15. The molecule has 1 aromatic heterocycles. The van der Waals surface area contributed by atoms with E-state index < -0.39 is 0 Å². The van der Waals surface area contributed by atoms with E-state index in [0.29, 0.717) is 6.54 Å². The second-order valence-corrected chi connectivity index (χ2v) is 3.36. The van der Waals surface area contributed by atoms with Crippen molar-refractivity contribution in [2.24, 2.45) is 5.73 Å². The summed E-state index contributed by atoms with van der Waals surface area (Å²) in [6.07, 6.45) is 3.28. The Morgan fingerprint density at radius 2 is 1.62 bits per heavy atom. The van der Waals surface area contributed by atoms with Crippen molar-refractivity contribution in [3.05, 3.63) is 42.2 Å². The van der Waals surface area contributed by atoms with Gasteiger partial charge in [-0.15, -0.1) is 0 Å². The van der Waals surface area contributed by atoms with Gasteiger partial charge in [0.25, 0.3) is 0 Å². The van der Waals surface area contributed by atoms with Crippen LogP contribution < -0.4 is 16.8 Å². The fraction of sp³-hybridized carbons (Fsp3) is 0.0909. The zero-order chi connectivity index (χ0) is 11.4. The number of hydrogen-bond donors (Lipinski definition) is 3. The zero-order valence-electron chi connectivity index (χ0n) is 8.72. The molecule has 1 aromatic carbocycles. The van der Waals surface area contributed by atoms with Gasteiger partial charge in [-0.2, -0.15) is 0 Å². The van der Waals surface area contributed by atoms with Gasteiger partial charge in [0.1, 0.15) is 0 Å². The average molecular weight is 215 g/mol. The third-order valence-corrected chi connectivity index (χ3v) is 2.15. The van der Waals surface area contributed by atoms with Gasteiger partial charge in [0, 0.05) is 12.2 Å². The standard InChI is InChI=1S/C11H13N5/c12-5-8-1-3-9(4-2-8)16-10-6-14-11(13)15-7-10/h1-4,6-7,16H,5,12H2,(H2,13,14,15). The number of nitrogens with two attached hydrogens (primary N) is 2. The summed E-state index contributed by atoms with van der Waals surface area (Å²) in [7, 11) is 0. The second kappa shape index (κ2) is 4.59. The van der Waals surface area contributed by atoms with Crippen LogP contribution in [0.3, 0.4) is 0 Å². The fourth-order valence-electron chi connectivity index (χ4n) is 1.29. The van der Waals surface area contributed by atoms with Gasteiger partial charge in [0.2, 0.25) is 5.95 Å². The van der Waals surface area contributed by atoms with Crippen molar-refractivity contribution in [1.29, 1.82) is 0 Å². The predicted molar refractivity (Wildman–Crippen MR) is 64.1 cm³/mol. The Hall–Kier alpha value is -2.14. The van der Waals surface area contributed by atoms with E-state index in [4.69, 9.17) is 11.5 Å². The minimum Gasteiger partial charge on any atom is -0.368 e. The van der Waals surface area contributed by atoms with Crippen molar-refractivity contribution in [3.63, 3.8) is 0 Å². The quantitative estimate of drug-likeness (QED) is 0.717. The number of anilines is 3. The van der Waals surface area contributed by atoms with Gasteiger partial charge in [-0.3, -0.25) is 0 Å². The Kier molecular flexibility index (Phi) is 2.98. The molecule has 0 atom stereocenters. The van der Waals surface area contributed by atoms with Gasteiger partial charge >= 0.3 is 0 Å². The van der Waals surface area contributed by atoms with Gasteiger partial charge in [-0.05, 0) is 17.7 Å². The summed E-state index contributed by atoms with van der Waals surface area (Å²) < 4.78 is 0. The number of nitrogens with one attached hydrogen (secondary N) is 1. The van der Waals surface area contributed by atoms with Gasteiger partial charge in [0.05, 0.1) is 18.1 Å². The molecule has 0 saturated carbocycles. The highest BCUT2D eigenvalue weighted by molar-refractivity contribution is 5.58. The van der Waals surface area contributed by atoms with E-state index in [1.54, 1.807) is 12.4 Å². The first-order valence-corrected chi connectivity index (χ1v) is 4.91. The number of aromatic nitrogens is 2. The lowest BCUT2D eigenvalue weighted by atomic mass is 10.2. The molecule has 5 heteroatoms. The van der Waals surface area contributed by atoms with E-state index in [-0.39, 0.29) is 5.95 Å². The van der Waals surface area contributed by atoms with Crippen molar-refractivity contribution >= 4 is 17.3 Å². The highest BCUT2D eigenvalue weighted by Gasteiger charge is 1.96. The summed E-state index contributed by atoms with van der Waals surface area (Å²) in [5.74, 6) is 0.268. The summed E-state index contributed by atoms with van der Waals surface area (Å²) in [4.78, 5) is 7.79. The van der Waals surface area contributed by atoms with Crippen LogP contribution in [0.25, 0.3) is 0 Å². The molecule has 0 bridgehead atoms. The molecule has 0 aliphatic rings. The molecule has 5 nitrogen and oxygen atoms in total. The molecule has 0 aliphatic heterocycles. The largest absolute Gasteiger partial charge is 0.368 e. The monoisotopic (exact) mass is 215 g/mol. The molecule has 1 heterocycles. The molecule has 0 unspecified atom stereocenters. The fourth-order valence-corrected chi connectivity index (χ4v) is 1.29. The van der Waals surface area contributed by atoms with E-state index in [9.17, 15) is 0 Å². The minimum absolute atomic E-state index is 0.268. The molecule has 82 valence electrons. The highest BCUT2D eigenvalue weighted by atomic mass is 15.0. The molecule has 16 heavy (non-hydrogen) atoms. The van der Waals surface area contributed by atoms with Crippen LogP contribution in [0.1, 0.15) is 5.56 Å². The zero-order valence-corrected chi connectivity index (χ0v) is 8.72. The van der Waals surface area contributed by atoms with Crippen LogP contribution in [0.2, 0.25) is 0 Å². The number of rotatable bonds is 3. The number of benzene rings is 1. The number of nitrogens with zero attached hydrogens (tertiary/aromatic N) is 2. The second-order valence-electron chi connectivity index (χ2n) is 3.36. The Bertz CT molecular complexity index is 449. The summed E-state index contributed by atoms with van der Waals surface area (Å²) in [6, 6.07) is 7.86. The molecule has 0 aliphatic carbocycles. The molecule has 2 rings (SSSR count). The molecule has 0 saturated heterocycles. The van der Waals surface area contributed by atoms with Gasteiger partial charge in [-0.1, -0.05) is 12.1 Å². The maximum atomic E-state index is 5.51.